The minimum atomic E-state index is 0.660. The molecule has 0 unspecified atom stereocenters. The van der Waals surface area contributed by atoms with E-state index in [0.717, 1.165) is 22.3 Å². The molecule has 0 fully saturated rings. The van der Waals surface area contributed by atoms with E-state index in [4.69, 9.17) is 15.0 Å². The predicted octanol–water partition coefficient (Wildman–Crippen LogP) is 8.21. The molecule has 5 aromatic carbocycles. The maximum atomic E-state index is 4.83. The molecule has 0 amide bonds. The number of aromatic nitrogens is 3. The van der Waals surface area contributed by atoms with Crippen LogP contribution in [0.4, 0.5) is 0 Å². The zero-order valence-corrected chi connectivity index (χ0v) is 19.6. The summed E-state index contributed by atoms with van der Waals surface area (Å²) in [6, 6.07) is 47.6. The summed E-state index contributed by atoms with van der Waals surface area (Å²) >= 11 is 0. The molecule has 0 saturated heterocycles. The first-order valence-corrected chi connectivity index (χ1v) is 12.0. The van der Waals surface area contributed by atoms with Crippen molar-refractivity contribution in [3.8, 4) is 56.4 Å². The van der Waals surface area contributed by atoms with Gasteiger partial charge in [-0.25, -0.2) is 15.0 Å². The predicted molar refractivity (Wildman–Crippen MR) is 147 cm³/mol. The van der Waals surface area contributed by atoms with Gasteiger partial charge < -0.3 is 0 Å². The van der Waals surface area contributed by atoms with E-state index in [0.29, 0.717) is 17.5 Å². The lowest BCUT2D eigenvalue weighted by Crippen LogP contribution is -2.00. The third-order valence-electron chi connectivity index (χ3n) is 6.15. The van der Waals surface area contributed by atoms with Gasteiger partial charge in [0.1, 0.15) is 0 Å². The molecule has 170 valence electrons. The second-order valence-corrected chi connectivity index (χ2v) is 8.56. The van der Waals surface area contributed by atoms with Crippen LogP contribution in [0.5, 0.6) is 0 Å². The first-order chi connectivity index (χ1) is 17.8. The Hall–Kier alpha value is -4.89. The first kappa shape index (κ1) is 21.6. The highest BCUT2D eigenvalue weighted by Crippen LogP contribution is 2.29. The lowest BCUT2D eigenvalue weighted by atomic mass is 9.98. The average molecular weight is 462 g/mol. The van der Waals surface area contributed by atoms with Crippen molar-refractivity contribution in [1.29, 1.82) is 0 Å². The molecule has 1 heterocycles. The summed E-state index contributed by atoms with van der Waals surface area (Å²) in [4.78, 5) is 14.4. The van der Waals surface area contributed by atoms with Crippen LogP contribution in [0.1, 0.15) is 0 Å². The van der Waals surface area contributed by atoms with Crippen molar-refractivity contribution >= 4 is 0 Å². The van der Waals surface area contributed by atoms with Gasteiger partial charge in [0, 0.05) is 16.7 Å². The Morgan fingerprint density at radius 3 is 1.00 bits per heavy atom. The van der Waals surface area contributed by atoms with Crippen LogP contribution in [-0.4, -0.2) is 15.0 Å². The van der Waals surface area contributed by atoms with Crippen LogP contribution >= 0.6 is 0 Å². The molecule has 0 aliphatic carbocycles. The molecular weight excluding hydrogens is 438 g/mol. The topological polar surface area (TPSA) is 38.7 Å². The quantitative estimate of drug-likeness (QED) is 0.260. The van der Waals surface area contributed by atoms with Crippen molar-refractivity contribution in [2.45, 2.75) is 0 Å². The van der Waals surface area contributed by atoms with E-state index in [2.05, 4.69) is 72.8 Å². The van der Waals surface area contributed by atoms with Gasteiger partial charge in [-0.2, -0.15) is 0 Å². The molecule has 6 rings (SSSR count). The van der Waals surface area contributed by atoms with E-state index in [9.17, 15) is 0 Å². The molecule has 0 aliphatic rings. The lowest BCUT2D eigenvalue weighted by Gasteiger charge is -2.09. The maximum absolute atomic E-state index is 4.83. The smallest absolute Gasteiger partial charge is 0.164 e. The van der Waals surface area contributed by atoms with Crippen LogP contribution in [0.25, 0.3) is 56.4 Å². The second-order valence-electron chi connectivity index (χ2n) is 8.56. The van der Waals surface area contributed by atoms with Gasteiger partial charge in [-0.3, -0.25) is 0 Å². The number of hydrogen-bond acceptors (Lipinski definition) is 3. The fourth-order valence-corrected chi connectivity index (χ4v) is 4.26. The Morgan fingerprint density at radius 1 is 0.250 bits per heavy atom. The molecule has 36 heavy (non-hydrogen) atoms. The van der Waals surface area contributed by atoms with Crippen molar-refractivity contribution < 1.29 is 0 Å². The van der Waals surface area contributed by atoms with E-state index in [1.807, 2.05) is 66.7 Å². The standard InChI is InChI=1S/C33H23N3/c1-4-11-24(12-5-1)29-17-10-18-30(23-29)25-19-21-28(22-20-25)33-35-31(26-13-6-2-7-14-26)34-32(36-33)27-15-8-3-9-16-27/h1-23H. The zero-order valence-electron chi connectivity index (χ0n) is 19.6. The molecule has 0 spiro atoms. The van der Waals surface area contributed by atoms with E-state index in [1.165, 1.54) is 16.7 Å². The Morgan fingerprint density at radius 2 is 0.556 bits per heavy atom. The lowest BCUT2D eigenvalue weighted by molar-refractivity contribution is 1.07. The van der Waals surface area contributed by atoms with Crippen molar-refractivity contribution in [3.63, 3.8) is 0 Å². The molecule has 0 N–H and O–H groups in total. The van der Waals surface area contributed by atoms with Gasteiger partial charge in [-0.05, 0) is 28.3 Å². The van der Waals surface area contributed by atoms with E-state index < -0.39 is 0 Å². The fourth-order valence-electron chi connectivity index (χ4n) is 4.26. The van der Waals surface area contributed by atoms with E-state index >= 15 is 0 Å². The van der Waals surface area contributed by atoms with Gasteiger partial charge in [0.2, 0.25) is 0 Å². The molecule has 3 nitrogen and oxygen atoms in total. The summed E-state index contributed by atoms with van der Waals surface area (Å²) in [5.41, 5.74) is 7.62. The number of nitrogens with zero attached hydrogens (tertiary/aromatic N) is 3. The van der Waals surface area contributed by atoms with Crippen molar-refractivity contribution in [3.05, 3.63) is 140 Å². The largest absolute Gasteiger partial charge is 0.208 e. The first-order valence-electron chi connectivity index (χ1n) is 12.0. The summed E-state index contributed by atoms with van der Waals surface area (Å²) in [6.07, 6.45) is 0. The molecule has 6 aromatic rings. The van der Waals surface area contributed by atoms with Gasteiger partial charge in [0.15, 0.2) is 17.5 Å². The van der Waals surface area contributed by atoms with Crippen LogP contribution < -0.4 is 0 Å². The summed E-state index contributed by atoms with van der Waals surface area (Å²) in [7, 11) is 0. The van der Waals surface area contributed by atoms with Crippen molar-refractivity contribution in [1.82, 2.24) is 15.0 Å². The molecule has 0 radical (unpaired) electrons. The van der Waals surface area contributed by atoms with E-state index in [-0.39, 0.29) is 0 Å². The summed E-state index contributed by atoms with van der Waals surface area (Å²) in [5, 5.41) is 0. The molecule has 3 heteroatoms. The Labute approximate surface area is 210 Å². The number of hydrogen-bond donors (Lipinski definition) is 0. The maximum Gasteiger partial charge on any atom is 0.164 e. The van der Waals surface area contributed by atoms with Crippen LogP contribution in [-0.2, 0) is 0 Å². The van der Waals surface area contributed by atoms with Gasteiger partial charge in [0.05, 0.1) is 0 Å². The fraction of sp³-hybridized carbons (Fsp3) is 0. The molecule has 0 bridgehead atoms. The number of rotatable bonds is 5. The van der Waals surface area contributed by atoms with Crippen LogP contribution in [0.2, 0.25) is 0 Å². The molecular formula is C33H23N3. The Kier molecular flexibility index (Phi) is 5.87. The van der Waals surface area contributed by atoms with Crippen molar-refractivity contribution in [2.75, 3.05) is 0 Å². The molecule has 0 atom stereocenters. The summed E-state index contributed by atoms with van der Waals surface area (Å²) < 4.78 is 0. The SMILES string of the molecule is c1ccc(-c2cccc(-c3ccc(-c4nc(-c5ccccc5)nc(-c5ccccc5)n4)cc3)c2)cc1. The average Bonchev–Trinajstić information content (AvgIpc) is 2.98. The normalized spacial score (nSPS) is 10.8. The molecule has 0 aliphatic heterocycles. The van der Waals surface area contributed by atoms with Crippen molar-refractivity contribution in [2.24, 2.45) is 0 Å². The van der Waals surface area contributed by atoms with Gasteiger partial charge in [0.25, 0.3) is 0 Å². The Balaban J connectivity index is 1.38. The summed E-state index contributed by atoms with van der Waals surface area (Å²) in [5.74, 6) is 1.99. The molecule has 0 saturated carbocycles. The van der Waals surface area contributed by atoms with Gasteiger partial charge in [-0.1, -0.05) is 133 Å². The number of benzene rings is 5. The highest BCUT2D eigenvalue weighted by Gasteiger charge is 2.12. The Bertz CT molecular complexity index is 1540. The van der Waals surface area contributed by atoms with Crippen LogP contribution in [0, 0.1) is 0 Å². The second kappa shape index (κ2) is 9.77. The monoisotopic (exact) mass is 461 g/mol. The van der Waals surface area contributed by atoms with Gasteiger partial charge in [-0.15, -0.1) is 0 Å². The van der Waals surface area contributed by atoms with Crippen LogP contribution in [0.3, 0.4) is 0 Å². The molecule has 1 aromatic heterocycles. The third kappa shape index (κ3) is 4.55. The minimum Gasteiger partial charge on any atom is -0.208 e. The van der Waals surface area contributed by atoms with Gasteiger partial charge >= 0.3 is 0 Å². The highest BCUT2D eigenvalue weighted by molar-refractivity contribution is 5.75. The van der Waals surface area contributed by atoms with Crippen LogP contribution in [0.15, 0.2) is 140 Å². The summed E-state index contributed by atoms with van der Waals surface area (Å²) in [6.45, 7) is 0. The van der Waals surface area contributed by atoms with E-state index in [1.54, 1.807) is 0 Å². The zero-order chi connectivity index (χ0) is 24.2. The highest BCUT2D eigenvalue weighted by atomic mass is 15.0. The third-order valence-corrected chi connectivity index (χ3v) is 6.15. The minimum absolute atomic E-state index is 0.660.